The minimum absolute atomic E-state index is 0.339. The highest BCUT2D eigenvalue weighted by Crippen LogP contribution is 2.29. The van der Waals surface area contributed by atoms with Gasteiger partial charge in [0.25, 0.3) is 0 Å². The topological polar surface area (TPSA) is 55.4 Å². The minimum Gasteiger partial charge on any atom is -0.420 e. The van der Waals surface area contributed by atoms with Crippen LogP contribution in [0.25, 0.3) is 0 Å². The minimum atomic E-state index is -2.35. The first-order chi connectivity index (χ1) is 10.3. The van der Waals surface area contributed by atoms with Crippen LogP contribution in [0, 0.1) is 29.1 Å². The van der Waals surface area contributed by atoms with E-state index in [4.69, 9.17) is 0 Å². The van der Waals surface area contributed by atoms with Gasteiger partial charge in [0.15, 0.2) is 0 Å². The molecule has 0 atom stereocenters. The molecular weight excluding hydrogens is 313 g/mol. The first-order valence-corrected chi connectivity index (χ1v) is 6.28. The number of hydrogen-bond donors (Lipinski definition) is 1. The van der Waals surface area contributed by atoms with Crippen molar-refractivity contribution in [2.45, 2.75) is 26.2 Å². The highest BCUT2D eigenvalue weighted by Gasteiger charge is 2.28. The van der Waals surface area contributed by atoms with Crippen molar-refractivity contribution in [3.05, 3.63) is 29.1 Å². The van der Waals surface area contributed by atoms with Crippen LogP contribution in [0.3, 0.4) is 0 Å². The van der Waals surface area contributed by atoms with Crippen LogP contribution in [-0.4, -0.2) is 18.4 Å². The van der Waals surface area contributed by atoms with Crippen LogP contribution < -0.4 is 10.1 Å². The molecule has 122 valence electrons. The van der Waals surface area contributed by atoms with E-state index in [1.54, 1.807) is 6.92 Å². The predicted octanol–water partition coefficient (Wildman–Crippen LogP) is 2.59. The Balaban J connectivity index is 2.75. The fourth-order valence-electron chi connectivity index (χ4n) is 1.41. The van der Waals surface area contributed by atoms with Crippen LogP contribution in [0.5, 0.6) is 5.75 Å². The number of rotatable bonds is 6. The Morgan fingerprint density at radius 1 is 0.909 bits per heavy atom. The maximum atomic E-state index is 13.3. The molecule has 1 aromatic rings. The van der Waals surface area contributed by atoms with Gasteiger partial charge in [-0.3, -0.25) is 9.59 Å². The maximum Gasteiger partial charge on any atom is 0.311 e. The molecule has 0 spiro atoms. The molecule has 0 radical (unpaired) electrons. The van der Waals surface area contributed by atoms with Crippen molar-refractivity contribution in [2.75, 3.05) is 6.54 Å². The number of benzene rings is 1. The van der Waals surface area contributed by atoms with Gasteiger partial charge >= 0.3 is 5.97 Å². The Labute approximate surface area is 122 Å². The van der Waals surface area contributed by atoms with Gasteiger partial charge in [-0.15, -0.1) is 0 Å². The van der Waals surface area contributed by atoms with E-state index in [0.29, 0.717) is 13.0 Å². The lowest BCUT2D eigenvalue weighted by atomic mass is 10.2. The lowest BCUT2D eigenvalue weighted by Gasteiger charge is -2.08. The number of halogens is 5. The number of carbonyl (C=O) groups is 2. The van der Waals surface area contributed by atoms with Gasteiger partial charge in [-0.2, -0.15) is 8.78 Å². The molecule has 0 heterocycles. The Bertz CT molecular complexity index is 563. The molecule has 0 unspecified atom stereocenters. The van der Waals surface area contributed by atoms with Crippen LogP contribution in [-0.2, 0) is 9.59 Å². The van der Waals surface area contributed by atoms with Crippen LogP contribution in [0.4, 0.5) is 22.0 Å². The van der Waals surface area contributed by atoms with Gasteiger partial charge in [-0.25, -0.2) is 13.2 Å². The van der Waals surface area contributed by atoms with E-state index in [0.717, 1.165) is 0 Å². The standard InChI is InChI=1S/C13H12F5NO3/c1-2-5-19-6(20)3-4-7(21)22-13-11(17)9(15)8(14)10(16)12(13)18/h2-5H2,1H3,(H,19,20). The molecule has 1 amide bonds. The molecule has 1 aromatic carbocycles. The van der Waals surface area contributed by atoms with Gasteiger partial charge in [-0.05, 0) is 6.42 Å². The summed E-state index contributed by atoms with van der Waals surface area (Å²) in [5.74, 6) is -14.8. The van der Waals surface area contributed by atoms with E-state index in [9.17, 15) is 31.5 Å². The smallest absolute Gasteiger partial charge is 0.311 e. The number of ether oxygens (including phenoxy) is 1. The molecule has 0 fully saturated rings. The van der Waals surface area contributed by atoms with Crippen molar-refractivity contribution in [1.82, 2.24) is 5.32 Å². The van der Waals surface area contributed by atoms with E-state index >= 15 is 0 Å². The molecule has 4 nitrogen and oxygen atoms in total. The fraction of sp³-hybridized carbons (Fsp3) is 0.385. The first kappa shape index (κ1) is 17.9. The summed E-state index contributed by atoms with van der Waals surface area (Å²) < 4.78 is 69.2. The maximum absolute atomic E-state index is 13.3. The van der Waals surface area contributed by atoms with Gasteiger partial charge in [0.1, 0.15) is 0 Å². The molecule has 0 aliphatic carbocycles. The van der Waals surface area contributed by atoms with E-state index < -0.39 is 53.1 Å². The zero-order chi connectivity index (χ0) is 16.9. The summed E-state index contributed by atoms with van der Waals surface area (Å²) in [7, 11) is 0. The average Bonchev–Trinajstić information content (AvgIpc) is 2.51. The van der Waals surface area contributed by atoms with Crippen LogP contribution in [0.1, 0.15) is 26.2 Å². The normalized spacial score (nSPS) is 10.5. The third-order valence-corrected chi connectivity index (χ3v) is 2.51. The van der Waals surface area contributed by atoms with Crippen LogP contribution in [0.15, 0.2) is 0 Å². The van der Waals surface area contributed by atoms with Crippen LogP contribution >= 0.6 is 0 Å². The predicted molar refractivity (Wildman–Crippen MR) is 64.4 cm³/mol. The summed E-state index contributed by atoms with van der Waals surface area (Å²) >= 11 is 0. The Kier molecular flexibility index (Phi) is 6.26. The van der Waals surface area contributed by atoms with Gasteiger partial charge in [0.05, 0.1) is 6.42 Å². The second-order valence-electron chi connectivity index (χ2n) is 4.22. The average molecular weight is 325 g/mol. The Hall–Kier alpha value is -2.19. The van der Waals surface area contributed by atoms with Gasteiger partial charge in [0.2, 0.25) is 40.7 Å². The molecule has 0 saturated carbocycles. The second kappa shape index (κ2) is 7.71. The number of nitrogens with one attached hydrogen (secondary N) is 1. The van der Waals surface area contributed by atoms with Crippen molar-refractivity contribution in [1.29, 1.82) is 0 Å². The molecule has 22 heavy (non-hydrogen) atoms. The SMILES string of the molecule is CCCNC(=O)CCC(=O)Oc1c(F)c(F)c(F)c(F)c1F. The monoisotopic (exact) mass is 325 g/mol. The molecule has 0 bridgehead atoms. The number of carbonyl (C=O) groups excluding carboxylic acids is 2. The Morgan fingerprint density at radius 3 is 1.91 bits per heavy atom. The molecule has 0 saturated heterocycles. The highest BCUT2D eigenvalue weighted by atomic mass is 19.2. The summed E-state index contributed by atoms with van der Waals surface area (Å²) in [4.78, 5) is 22.5. The largest absolute Gasteiger partial charge is 0.420 e. The quantitative estimate of drug-likeness (QED) is 0.288. The lowest BCUT2D eigenvalue weighted by molar-refractivity contribution is -0.136. The Morgan fingerprint density at radius 2 is 1.41 bits per heavy atom. The summed E-state index contributed by atoms with van der Waals surface area (Å²) in [5.41, 5.74) is 0. The van der Waals surface area contributed by atoms with Gasteiger partial charge in [-0.1, -0.05) is 6.92 Å². The van der Waals surface area contributed by atoms with Gasteiger partial charge < -0.3 is 10.1 Å². The molecule has 0 aliphatic rings. The van der Waals surface area contributed by atoms with E-state index in [1.807, 2.05) is 0 Å². The number of hydrogen-bond acceptors (Lipinski definition) is 3. The lowest BCUT2D eigenvalue weighted by Crippen LogP contribution is -2.25. The molecular formula is C13H12F5NO3. The molecule has 1 rings (SSSR count). The zero-order valence-corrected chi connectivity index (χ0v) is 11.4. The third kappa shape index (κ3) is 4.15. The fourth-order valence-corrected chi connectivity index (χ4v) is 1.41. The van der Waals surface area contributed by atoms with Crippen molar-refractivity contribution < 1.29 is 36.3 Å². The van der Waals surface area contributed by atoms with E-state index in [1.165, 1.54) is 0 Å². The summed E-state index contributed by atoms with van der Waals surface area (Å²) in [6.07, 6.45) is -0.246. The molecule has 1 N–H and O–H groups in total. The highest BCUT2D eigenvalue weighted by molar-refractivity contribution is 5.82. The van der Waals surface area contributed by atoms with Crippen molar-refractivity contribution in [3.8, 4) is 5.75 Å². The van der Waals surface area contributed by atoms with Crippen molar-refractivity contribution >= 4 is 11.9 Å². The van der Waals surface area contributed by atoms with Crippen LogP contribution in [0.2, 0.25) is 0 Å². The van der Waals surface area contributed by atoms with E-state index in [-0.39, 0.29) is 6.42 Å². The van der Waals surface area contributed by atoms with Crippen molar-refractivity contribution in [2.24, 2.45) is 0 Å². The first-order valence-electron chi connectivity index (χ1n) is 6.28. The molecule has 9 heteroatoms. The molecule has 0 aromatic heterocycles. The van der Waals surface area contributed by atoms with Gasteiger partial charge in [0, 0.05) is 13.0 Å². The van der Waals surface area contributed by atoms with Crippen molar-refractivity contribution in [3.63, 3.8) is 0 Å². The molecule has 0 aliphatic heterocycles. The summed E-state index contributed by atoms with van der Waals surface area (Å²) in [6.45, 7) is 2.18. The zero-order valence-electron chi connectivity index (χ0n) is 11.4. The number of esters is 1. The summed E-state index contributed by atoms with van der Waals surface area (Å²) in [5, 5.41) is 2.44. The third-order valence-electron chi connectivity index (χ3n) is 2.51. The number of amides is 1. The second-order valence-corrected chi connectivity index (χ2v) is 4.22. The summed E-state index contributed by atoms with van der Waals surface area (Å²) in [6, 6.07) is 0. The van der Waals surface area contributed by atoms with E-state index in [2.05, 4.69) is 10.1 Å².